The van der Waals surface area contributed by atoms with Gasteiger partial charge >= 0.3 is 5.97 Å². The Morgan fingerprint density at radius 3 is 2.35 bits per heavy atom. The van der Waals surface area contributed by atoms with Gasteiger partial charge in [0.15, 0.2) is 0 Å². The van der Waals surface area contributed by atoms with E-state index in [-0.39, 0.29) is 11.2 Å². The lowest BCUT2D eigenvalue weighted by atomic mass is 9.77. The van der Waals surface area contributed by atoms with Crippen LogP contribution in [0.5, 0.6) is 0 Å². The topological polar surface area (TPSA) is 66.4 Å². The summed E-state index contributed by atoms with van der Waals surface area (Å²) in [6.45, 7) is 3.92. The van der Waals surface area contributed by atoms with Gasteiger partial charge in [0.2, 0.25) is 5.91 Å². The van der Waals surface area contributed by atoms with E-state index >= 15 is 0 Å². The first-order valence-corrected chi connectivity index (χ1v) is 7.28. The van der Waals surface area contributed by atoms with Gasteiger partial charge in [0.25, 0.3) is 0 Å². The van der Waals surface area contributed by atoms with E-state index in [1.54, 1.807) is 6.92 Å². The number of aliphatic carboxylic acids is 1. The van der Waals surface area contributed by atoms with E-state index in [1.807, 2.05) is 6.26 Å². The lowest BCUT2D eigenvalue weighted by Gasteiger charge is -2.37. The molecule has 0 saturated heterocycles. The normalized spacial score (nSPS) is 30.6. The number of thioether (sulfide) groups is 1. The summed E-state index contributed by atoms with van der Waals surface area (Å²) >= 11 is 1.43. The van der Waals surface area contributed by atoms with Crippen LogP contribution < -0.4 is 5.32 Å². The van der Waals surface area contributed by atoms with Crippen molar-refractivity contribution in [2.75, 3.05) is 6.26 Å². The molecular formula is C12H21NO3S. The molecule has 1 atom stereocenters. The molecule has 0 spiro atoms. The maximum atomic E-state index is 11.8. The predicted molar refractivity (Wildman–Crippen MR) is 69.1 cm³/mol. The van der Waals surface area contributed by atoms with Crippen molar-refractivity contribution < 1.29 is 14.7 Å². The second-order valence-corrected chi connectivity index (χ2v) is 6.12. The van der Waals surface area contributed by atoms with Crippen LogP contribution in [-0.4, -0.2) is 34.0 Å². The highest BCUT2D eigenvalue weighted by molar-refractivity contribution is 7.99. The molecule has 17 heavy (non-hydrogen) atoms. The van der Waals surface area contributed by atoms with Gasteiger partial charge in [-0.3, -0.25) is 4.79 Å². The number of carboxylic acid groups (broad SMARTS) is 1. The van der Waals surface area contributed by atoms with E-state index in [0.29, 0.717) is 18.8 Å². The lowest BCUT2D eigenvalue weighted by molar-refractivity contribution is -0.149. The second-order valence-electron chi connectivity index (χ2n) is 4.94. The Labute approximate surface area is 107 Å². The molecule has 98 valence electrons. The van der Waals surface area contributed by atoms with Gasteiger partial charge in [-0.1, -0.05) is 6.92 Å². The van der Waals surface area contributed by atoms with E-state index in [4.69, 9.17) is 0 Å². The number of hydrogen-bond acceptors (Lipinski definition) is 3. The summed E-state index contributed by atoms with van der Waals surface area (Å²) in [5.74, 6) is -0.516. The minimum atomic E-state index is -1.03. The number of carbonyl (C=O) groups excluding carboxylic acids is 1. The van der Waals surface area contributed by atoms with Gasteiger partial charge in [-0.25, -0.2) is 4.79 Å². The van der Waals surface area contributed by atoms with Crippen molar-refractivity contribution in [1.29, 1.82) is 0 Å². The number of hydrogen-bond donors (Lipinski definition) is 2. The molecule has 0 aromatic carbocycles. The SMILES string of the molecule is CSC(C)C(=O)NC1(C(=O)O)CCC(C)CC1. The van der Waals surface area contributed by atoms with Gasteiger partial charge in [0, 0.05) is 0 Å². The van der Waals surface area contributed by atoms with Crippen molar-refractivity contribution in [2.24, 2.45) is 5.92 Å². The van der Waals surface area contributed by atoms with Crippen LogP contribution in [-0.2, 0) is 9.59 Å². The molecule has 1 unspecified atom stereocenters. The average Bonchev–Trinajstić information content (AvgIpc) is 2.30. The maximum Gasteiger partial charge on any atom is 0.329 e. The Kier molecular flexibility index (Phi) is 4.86. The molecule has 1 aliphatic rings. The molecule has 1 saturated carbocycles. The van der Waals surface area contributed by atoms with E-state index < -0.39 is 11.5 Å². The third-order valence-electron chi connectivity index (χ3n) is 3.62. The van der Waals surface area contributed by atoms with Crippen LogP contribution in [0.4, 0.5) is 0 Å². The number of amides is 1. The molecule has 0 heterocycles. The molecule has 0 radical (unpaired) electrons. The van der Waals surface area contributed by atoms with Gasteiger partial charge in [-0.2, -0.15) is 11.8 Å². The van der Waals surface area contributed by atoms with Crippen LogP contribution in [0.25, 0.3) is 0 Å². The van der Waals surface area contributed by atoms with Crippen LogP contribution in [0.3, 0.4) is 0 Å². The molecule has 5 heteroatoms. The molecule has 0 aromatic heterocycles. The highest BCUT2D eigenvalue weighted by Crippen LogP contribution is 2.32. The molecule has 1 rings (SSSR count). The molecule has 0 aliphatic heterocycles. The molecule has 0 bridgehead atoms. The number of nitrogens with one attached hydrogen (secondary N) is 1. The van der Waals surface area contributed by atoms with Crippen LogP contribution in [0.15, 0.2) is 0 Å². The summed E-state index contributed by atoms with van der Waals surface area (Å²) in [7, 11) is 0. The molecular weight excluding hydrogens is 238 g/mol. The fourth-order valence-electron chi connectivity index (χ4n) is 2.09. The Balaban J connectivity index is 2.73. The first kappa shape index (κ1) is 14.4. The highest BCUT2D eigenvalue weighted by atomic mass is 32.2. The summed E-state index contributed by atoms with van der Waals surface area (Å²) in [6, 6.07) is 0. The zero-order valence-corrected chi connectivity index (χ0v) is 11.5. The maximum absolute atomic E-state index is 11.8. The van der Waals surface area contributed by atoms with Crippen LogP contribution in [0.1, 0.15) is 39.5 Å². The Morgan fingerprint density at radius 1 is 1.41 bits per heavy atom. The van der Waals surface area contributed by atoms with Crippen molar-refractivity contribution in [3.8, 4) is 0 Å². The summed E-state index contributed by atoms with van der Waals surface area (Å²) < 4.78 is 0. The Bertz CT molecular complexity index is 298. The van der Waals surface area contributed by atoms with Crippen LogP contribution in [0.2, 0.25) is 0 Å². The minimum Gasteiger partial charge on any atom is -0.480 e. The highest BCUT2D eigenvalue weighted by Gasteiger charge is 2.42. The van der Waals surface area contributed by atoms with E-state index in [9.17, 15) is 14.7 Å². The lowest BCUT2D eigenvalue weighted by Crippen LogP contribution is -2.57. The van der Waals surface area contributed by atoms with Gasteiger partial charge < -0.3 is 10.4 Å². The Hall–Kier alpha value is -0.710. The monoisotopic (exact) mass is 259 g/mol. The standard InChI is InChI=1S/C12H21NO3S/c1-8-4-6-12(7-5-8,11(15)16)13-10(14)9(2)17-3/h8-9H,4-7H2,1-3H3,(H,13,14)(H,15,16). The fraction of sp³-hybridized carbons (Fsp3) is 0.833. The first-order chi connectivity index (χ1) is 7.91. The smallest absolute Gasteiger partial charge is 0.329 e. The number of carbonyl (C=O) groups is 2. The zero-order valence-electron chi connectivity index (χ0n) is 10.7. The van der Waals surface area contributed by atoms with Crippen LogP contribution >= 0.6 is 11.8 Å². The third-order valence-corrected chi connectivity index (χ3v) is 4.54. The molecule has 2 N–H and O–H groups in total. The summed E-state index contributed by atoms with van der Waals surface area (Å²) in [5, 5.41) is 11.9. The molecule has 1 amide bonds. The molecule has 4 nitrogen and oxygen atoms in total. The van der Waals surface area contributed by atoms with Crippen LogP contribution in [0, 0.1) is 5.92 Å². The van der Waals surface area contributed by atoms with Crippen molar-refractivity contribution in [1.82, 2.24) is 5.32 Å². The van der Waals surface area contributed by atoms with E-state index in [0.717, 1.165) is 12.8 Å². The molecule has 1 fully saturated rings. The summed E-state index contributed by atoms with van der Waals surface area (Å²) in [5.41, 5.74) is -1.03. The van der Waals surface area contributed by atoms with E-state index in [2.05, 4.69) is 12.2 Å². The molecule has 1 aliphatic carbocycles. The van der Waals surface area contributed by atoms with Crippen molar-refractivity contribution in [3.63, 3.8) is 0 Å². The Morgan fingerprint density at radius 2 is 1.94 bits per heavy atom. The van der Waals surface area contributed by atoms with Gasteiger partial charge in [0.05, 0.1) is 5.25 Å². The second kappa shape index (κ2) is 5.76. The van der Waals surface area contributed by atoms with Gasteiger partial charge in [-0.15, -0.1) is 0 Å². The van der Waals surface area contributed by atoms with Crippen molar-refractivity contribution in [2.45, 2.75) is 50.3 Å². The van der Waals surface area contributed by atoms with E-state index in [1.165, 1.54) is 11.8 Å². The fourth-order valence-corrected chi connectivity index (χ4v) is 2.36. The summed E-state index contributed by atoms with van der Waals surface area (Å²) in [4.78, 5) is 23.2. The third kappa shape index (κ3) is 3.37. The first-order valence-electron chi connectivity index (χ1n) is 5.99. The van der Waals surface area contributed by atoms with Crippen molar-refractivity contribution in [3.05, 3.63) is 0 Å². The van der Waals surface area contributed by atoms with Crippen molar-refractivity contribution >= 4 is 23.6 Å². The minimum absolute atomic E-state index is 0.172. The molecule has 0 aromatic rings. The quantitative estimate of drug-likeness (QED) is 0.809. The van der Waals surface area contributed by atoms with Gasteiger partial charge in [-0.05, 0) is 44.8 Å². The number of rotatable bonds is 4. The largest absolute Gasteiger partial charge is 0.480 e. The number of carboxylic acids is 1. The predicted octanol–water partition coefficient (Wildman–Crippen LogP) is 1.89. The zero-order chi connectivity index (χ0) is 13.1. The average molecular weight is 259 g/mol. The summed E-state index contributed by atoms with van der Waals surface area (Å²) in [6.07, 6.45) is 4.65. The van der Waals surface area contributed by atoms with Gasteiger partial charge in [0.1, 0.15) is 5.54 Å².